The highest BCUT2D eigenvalue weighted by Crippen LogP contribution is 2.30. The van der Waals surface area contributed by atoms with Gasteiger partial charge in [-0.1, -0.05) is 66.2 Å². The van der Waals surface area contributed by atoms with Gasteiger partial charge in [-0.15, -0.1) is 0 Å². The molecule has 3 aromatic rings. The first-order valence-electron chi connectivity index (χ1n) is 10.3. The molecule has 6 nitrogen and oxygen atoms in total. The van der Waals surface area contributed by atoms with E-state index in [4.69, 9.17) is 9.47 Å². The van der Waals surface area contributed by atoms with Gasteiger partial charge in [0.1, 0.15) is 12.3 Å². The van der Waals surface area contributed by atoms with Crippen LogP contribution in [-0.4, -0.2) is 23.9 Å². The number of amides is 3. The third-order valence-corrected chi connectivity index (χ3v) is 5.16. The first-order valence-corrected chi connectivity index (χ1v) is 10.3. The van der Waals surface area contributed by atoms with Crippen LogP contribution < -0.4 is 14.8 Å². The molecule has 3 amide bonds. The molecule has 32 heavy (non-hydrogen) atoms. The van der Waals surface area contributed by atoms with Crippen LogP contribution in [0.15, 0.2) is 78.5 Å². The van der Waals surface area contributed by atoms with Crippen molar-refractivity contribution in [2.24, 2.45) is 0 Å². The lowest BCUT2D eigenvalue weighted by molar-refractivity contribution is -0.123. The molecule has 0 saturated carbocycles. The topological polar surface area (TPSA) is 67.9 Å². The normalized spacial score (nSPS) is 14.6. The number of carbonyl (C=O) groups is 2. The monoisotopic (exact) mass is 428 g/mol. The number of benzene rings is 3. The number of ether oxygens (including phenoxy) is 2. The number of nitrogens with one attached hydrogen (secondary N) is 1. The predicted octanol–water partition coefficient (Wildman–Crippen LogP) is 4.68. The molecule has 1 N–H and O–H groups in total. The van der Waals surface area contributed by atoms with E-state index in [9.17, 15) is 9.59 Å². The third kappa shape index (κ3) is 4.81. The minimum absolute atomic E-state index is 0.219. The van der Waals surface area contributed by atoms with Crippen LogP contribution in [-0.2, 0) is 17.9 Å². The van der Waals surface area contributed by atoms with Gasteiger partial charge in [-0.2, -0.15) is 0 Å². The summed E-state index contributed by atoms with van der Waals surface area (Å²) in [5, 5.41) is 2.67. The van der Waals surface area contributed by atoms with E-state index in [1.165, 1.54) is 4.90 Å². The van der Waals surface area contributed by atoms with Crippen molar-refractivity contribution in [1.29, 1.82) is 0 Å². The van der Waals surface area contributed by atoms with Crippen molar-refractivity contribution >= 4 is 18.0 Å². The molecule has 6 heteroatoms. The number of methoxy groups -OCH3 is 1. The van der Waals surface area contributed by atoms with E-state index in [0.29, 0.717) is 18.1 Å². The first-order chi connectivity index (χ1) is 15.5. The van der Waals surface area contributed by atoms with Gasteiger partial charge in [0.25, 0.3) is 5.91 Å². The smallest absolute Gasteiger partial charge is 0.329 e. The summed E-state index contributed by atoms with van der Waals surface area (Å²) in [5.74, 6) is 0.781. The molecule has 0 bridgehead atoms. The summed E-state index contributed by atoms with van der Waals surface area (Å²) in [5.41, 5.74) is 3.98. The van der Waals surface area contributed by atoms with Gasteiger partial charge in [-0.25, -0.2) is 4.79 Å². The number of carbonyl (C=O) groups excluding carboxylic acids is 2. The van der Waals surface area contributed by atoms with E-state index in [2.05, 4.69) is 5.32 Å². The molecule has 1 heterocycles. The van der Waals surface area contributed by atoms with Crippen molar-refractivity contribution in [1.82, 2.24) is 10.2 Å². The summed E-state index contributed by atoms with van der Waals surface area (Å²) in [7, 11) is 1.58. The maximum absolute atomic E-state index is 12.8. The van der Waals surface area contributed by atoms with Crippen LogP contribution in [0.3, 0.4) is 0 Å². The van der Waals surface area contributed by atoms with Crippen molar-refractivity contribution in [3.05, 3.63) is 101 Å². The molecule has 162 valence electrons. The molecule has 0 radical (unpaired) electrons. The van der Waals surface area contributed by atoms with E-state index in [0.717, 1.165) is 22.3 Å². The fourth-order valence-corrected chi connectivity index (χ4v) is 3.39. The van der Waals surface area contributed by atoms with Gasteiger partial charge in [0.2, 0.25) is 0 Å². The molecule has 1 aliphatic heterocycles. The molecular weight excluding hydrogens is 404 g/mol. The predicted molar refractivity (Wildman–Crippen MR) is 122 cm³/mol. The Morgan fingerprint density at radius 3 is 2.38 bits per heavy atom. The highest BCUT2D eigenvalue weighted by atomic mass is 16.5. The van der Waals surface area contributed by atoms with Crippen LogP contribution in [0.4, 0.5) is 4.79 Å². The summed E-state index contributed by atoms with van der Waals surface area (Å²) in [4.78, 5) is 26.4. The molecular formula is C26H24N2O4. The molecule has 1 aliphatic rings. The number of imide groups is 1. The van der Waals surface area contributed by atoms with Gasteiger partial charge in [0.15, 0.2) is 11.5 Å². The fourth-order valence-electron chi connectivity index (χ4n) is 3.39. The lowest BCUT2D eigenvalue weighted by atomic mass is 10.1. The van der Waals surface area contributed by atoms with Gasteiger partial charge >= 0.3 is 6.03 Å². The van der Waals surface area contributed by atoms with Crippen molar-refractivity contribution in [2.45, 2.75) is 20.1 Å². The van der Waals surface area contributed by atoms with Crippen LogP contribution in [0.2, 0.25) is 0 Å². The number of nitrogens with zero attached hydrogens (tertiary/aromatic N) is 1. The number of hydrogen-bond donors (Lipinski definition) is 1. The molecule has 0 unspecified atom stereocenters. The van der Waals surface area contributed by atoms with Crippen LogP contribution in [0.5, 0.6) is 11.5 Å². The Hall–Kier alpha value is -4.06. The largest absolute Gasteiger partial charge is 0.493 e. The second-order valence-electron chi connectivity index (χ2n) is 7.55. The second kappa shape index (κ2) is 9.39. The average Bonchev–Trinajstić information content (AvgIpc) is 3.07. The molecule has 1 fully saturated rings. The van der Waals surface area contributed by atoms with Gasteiger partial charge < -0.3 is 14.8 Å². The number of aryl methyl sites for hydroxylation is 1. The lowest BCUT2D eigenvalue weighted by Crippen LogP contribution is -2.30. The van der Waals surface area contributed by atoms with E-state index in [-0.39, 0.29) is 18.1 Å². The Morgan fingerprint density at radius 2 is 1.66 bits per heavy atom. The summed E-state index contributed by atoms with van der Waals surface area (Å²) in [6, 6.07) is 22.5. The van der Waals surface area contributed by atoms with Crippen LogP contribution in [0, 0.1) is 6.92 Å². The van der Waals surface area contributed by atoms with E-state index < -0.39 is 6.03 Å². The standard InChI is InChI=1S/C26H24N2O4/c1-18-8-10-19(11-9-18)16-28-25(29)22(27-26(28)30)14-21-12-13-23(31-2)24(15-21)32-17-20-6-4-3-5-7-20/h3-15H,16-17H2,1-2H3,(H,27,30). The fraction of sp³-hybridized carbons (Fsp3) is 0.154. The maximum Gasteiger partial charge on any atom is 0.329 e. The van der Waals surface area contributed by atoms with Gasteiger partial charge in [0, 0.05) is 0 Å². The molecule has 0 atom stereocenters. The zero-order valence-corrected chi connectivity index (χ0v) is 18.0. The first kappa shape index (κ1) is 21.2. The molecule has 0 spiro atoms. The molecule has 4 rings (SSSR count). The van der Waals surface area contributed by atoms with Crippen LogP contribution >= 0.6 is 0 Å². The van der Waals surface area contributed by atoms with Crippen molar-refractivity contribution in [3.8, 4) is 11.5 Å². The van der Waals surface area contributed by atoms with Crippen LogP contribution in [0.25, 0.3) is 6.08 Å². The summed E-state index contributed by atoms with van der Waals surface area (Å²) in [6.07, 6.45) is 1.64. The second-order valence-corrected chi connectivity index (χ2v) is 7.55. The number of hydrogen-bond acceptors (Lipinski definition) is 4. The lowest BCUT2D eigenvalue weighted by Gasteiger charge is -2.12. The third-order valence-electron chi connectivity index (χ3n) is 5.16. The Morgan fingerprint density at radius 1 is 0.906 bits per heavy atom. The molecule has 0 aromatic heterocycles. The maximum atomic E-state index is 12.8. The Labute approximate surface area is 187 Å². The minimum atomic E-state index is -0.434. The van der Waals surface area contributed by atoms with Gasteiger partial charge in [0.05, 0.1) is 13.7 Å². The SMILES string of the molecule is COc1ccc(C=C2NC(=O)N(Cc3ccc(C)cc3)C2=O)cc1OCc1ccccc1. The quantitative estimate of drug-likeness (QED) is 0.438. The minimum Gasteiger partial charge on any atom is -0.493 e. The molecule has 3 aromatic carbocycles. The summed E-state index contributed by atoms with van der Waals surface area (Å²) >= 11 is 0. The summed E-state index contributed by atoms with van der Waals surface area (Å²) in [6.45, 7) is 2.60. The zero-order valence-electron chi connectivity index (χ0n) is 18.0. The van der Waals surface area contributed by atoms with Crippen molar-refractivity contribution < 1.29 is 19.1 Å². The van der Waals surface area contributed by atoms with Gasteiger partial charge in [-0.05, 0) is 41.8 Å². The Balaban J connectivity index is 1.51. The Bertz CT molecular complexity index is 1150. The zero-order chi connectivity index (χ0) is 22.5. The van der Waals surface area contributed by atoms with Crippen molar-refractivity contribution in [3.63, 3.8) is 0 Å². The summed E-state index contributed by atoms with van der Waals surface area (Å²) < 4.78 is 11.3. The average molecular weight is 428 g/mol. The highest BCUT2D eigenvalue weighted by Gasteiger charge is 2.33. The number of urea groups is 1. The highest BCUT2D eigenvalue weighted by molar-refractivity contribution is 6.13. The van der Waals surface area contributed by atoms with Gasteiger partial charge in [-0.3, -0.25) is 9.69 Å². The van der Waals surface area contributed by atoms with E-state index in [1.807, 2.05) is 67.6 Å². The van der Waals surface area contributed by atoms with E-state index >= 15 is 0 Å². The Kier molecular flexibility index (Phi) is 6.22. The number of rotatable bonds is 7. The van der Waals surface area contributed by atoms with Crippen molar-refractivity contribution in [2.75, 3.05) is 7.11 Å². The van der Waals surface area contributed by atoms with E-state index in [1.54, 1.807) is 25.3 Å². The molecule has 0 aliphatic carbocycles. The van der Waals surface area contributed by atoms with Crippen LogP contribution in [0.1, 0.15) is 22.3 Å². The molecule has 1 saturated heterocycles.